The molecule has 1 aliphatic heterocycles. The molecular formula is C14H19N5. The number of nitrogens with two attached hydrogens (primary N) is 1. The van der Waals surface area contributed by atoms with Crippen molar-refractivity contribution < 1.29 is 0 Å². The third kappa shape index (κ3) is 2.99. The van der Waals surface area contributed by atoms with E-state index in [-0.39, 0.29) is 0 Å². The van der Waals surface area contributed by atoms with Gasteiger partial charge >= 0.3 is 0 Å². The van der Waals surface area contributed by atoms with E-state index in [0.29, 0.717) is 17.5 Å². The van der Waals surface area contributed by atoms with E-state index < -0.39 is 0 Å². The average molecular weight is 257 g/mol. The summed E-state index contributed by atoms with van der Waals surface area (Å²) < 4.78 is 0. The second-order valence-corrected chi connectivity index (χ2v) is 4.42. The first kappa shape index (κ1) is 13.3. The Morgan fingerprint density at radius 2 is 1.84 bits per heavy atom. The van der Waals surface area contributed by atoms with Crippen LogP contribution in [-0.2, 0) is 0 Å². The number of nitrogens with one attached hydrogen (secondary N) is 1. The summed E-state index contributed by atoms with van der Waals surface area (Å²) in [5.41, 5.74) is 11.3. The molecule has 0 aromatic heterocycles. The van der Waals surface area contributed by atoms with Gasteiger partial charge in [0.25, 0.3) is 0 Å². The molecule has 0 spiro atoms. The molecule has 0 bridgehead atoms. The largest absolute Gasteiger partial charge is 0.380 e. The molecule has 0 saturated carbocycles. The Labute approximate surface area is 113 Å². The number of amidine groups is 1. The van der Waals surface area contributed by atoms with Crippen molar-refractivity contribution in [3.63, 3.8) is 0 Å². The lowest BCUT2D eigenvalue weighted by molar-refractivity contribution is 0.647. The number of nitrogens with zero attached hydrogens (tertiary/aromatic N) is 3. The predicted molar refractivity (Wildman–Crippen MR) is 80.6 cm³/mol. The summed E-state index contributed by atoms with van der Waals surface area (Å²) in [6, 6.07) is 9.75. The Morgan fingerprint density at radius 1 is 1.16 bits per heavy atom. The van der Waals surface area contributed by atoms with E-state index in [4.69, 9.17) is 5.73 Å². The quantitative estimate of drug-likeness (QED) is 0.795. The molecule has 0 atom stereocenters. The number of anilines is 1. The summed E-state index contributed by atoms with van der Waals surface area (Å²) in [4.78, 5) is 0. The van der Waals surface area contributed by atoms with Crippen LogP contribution in [0.4, 0.5) is 5.69 Å². The standard InChI is InChI=1S/C14H19N5/c1-3-10(4-2)12-13(14(15)19-17-12)18-16-11-8-6-5-7-9-11/h5-10,16H,3-4H2,1-2H3,(H2,15,18,19). The fraction of sp³-hybridized carbons (Fsp3) is 0.357. The molecule has 0 fully saturated rings. The van der Waals surface area contributed by atoms with Crippen LogP contribution >= 0.6 is 0 Å². The van der Waals surface area contributed by atoms with E-state index in [2.05, 4.69) is 34.6 Å². The molecule has 0 amide bonds. The molecule has 0 radical (unpaired) electrons. The summed E-state index contributed by atoms with van der Waals surface area (Å²) >= 11 is 0. The zero-order chi connectivity index (χ0) is 13.7. The fourth-order valence-electron chi connectivity index (χ4n) is 2.03. The van der Waals surface area contributed by atoms with Crippen LogP contribution in [0.25, 0.3) is 0 Å². The van der Waals surface area contributed by atoms with Crippen LogP contribution in [0.3, 0.4) is 0 Å². The molecule has 1 aromatic carbocycles. The van der Waals surface area contributed by atoms with E-state index in [1.165, 1.54) is 0 Å². The van der Waals surface area contributed by atoms with Crippen LogP contribution in [0.2, 0.25) is 0 Å². The molecule has 0 saturated heterocycles. The van der Waals surface area contributed by atoms with Gasteiger partial charge in [-0.1, -0.05) is 32.0 Å². The minimum Gasteiger partial charge on any atom is -0.380 e. The molecule has 1 heterocycles. The van der Waals surface area contributed by atoms with Crippen molar-refractivity contribution in [1.29, 1.82) is 0 Å². The third-order valence-electron chi connectivity index (χ3n) is 3.19. The summed E-state index contributed by atoms with van der Waals surface area (Å²) in [5.74, 6) is 0.728. The number of hydrogen-bond donors (Lipinski definition) is 2. The minimum atomic E-state index is 0.348. The lowest BCUT2D eigenvalue weighted by Gasteiger charge is -2.12. The van der Waals surface area contributed by atoms with Crippen LogP contribution in [0.15, 0.2) is 45.6 Å². The van der Waals surface area contributed by atoms with E-state index in [9.17, 15) is 0 Å². The van der Waals surface area contributed by atoms with Crippen LogP contribution in [0.1, 0.15) is 26.7 Å². The molecule has 2 rings (SSSR count). The summed E-state index contributed by atoms with van der Waals surface area (Å²) in [6.45, 7) is 4.26. The molecule has 19 heavy (non-hydrogen) atoms. The molecule has 5 heteroatoms. The van der Waals surface area contributed by atoms with E-state index in [0.717, 1.165) is 24.2 Å². The highest BCUT2D eigenvalue weighted by Crippen LogP contribution is 2.16. The van der Waals surface area contributed by atoms with Crippen LogP contribution < -0.4 is 11.2 Å². The van der Waals surface area contributed by atoms with Gasteiger partial charge in [-0.3, -0.25) is 5.43 Å². The number of hydrogen-bond acceptors (Lipinski definition) is 5. The Morgan fingerprint density at radius 3 is 2.47 bits per heavy atom. The number of para-hydroxylation sites is 1. The van der Waals surface area contributed by atoms with Gasteiger partial charge < -0.3 is 5.73 Å². The average Bonchev–Trinajstić information content (AvgIpc) is 2.81. The smallest absolute Gasteiger partial charge is 0.175 e. The lowest BCUT2D eigenvalue weighted by Crippen LogP contribution is -2.32. The highest BCUT2D eigenvalue weighted by atomic mass is 15.3. The van der Waals surface area contributed by atoms with Crippen LogP contribution in [-0.4, -0.2) is 17.3 Å². The monoisotopic (exact) mass is 257 g/mol. The van der Waals surface area contributed by atoms with Crippen molar-refractivity contribution >= 4 is 22.9 Å². The Hall–Kier alpha value is -2.17. The van der Waals surface area contributed by atoms with Crippen molar-refractivity contribution in [1.82, 2.24) is 0 Å². The van der Waals surface area contributed by atoms with Gasteiger partial charge in [-0.2, -0.15) is 10.2 Å². The van der Waals surface area contributed by atoms with Crippen molar-refractivity contribution in [3.8, 4) is 0 Å². The molecule has 100 valence electrons. The van der Waals surface area contributed by atoms with Gasteiger partial charge in [0.1, 0.15) is 0 Å². The zero-order valence-corrected chi connectivity index (χ0v) is 11.3. The molecule has 1 aromatic rings. The van der Waals surface area contributed by atoms with E-state index in [1.807, 2.05) is 30.3 Å². The van der Waals surface area contributed by atoms with Gasteiger partial charge in [0.05, 0.1) is 11.4 Å². The number of benzene rings is 1. The maximum absolute atomic E-state index is 5.85. The Bertz CT molecular complexity index is 512. The first-order chi connectivity index (χ1) is 9.26. The highest BCUT2D eigenvalue weighted by molar-refractivity contribution is 6.69. The molecule has 3 N–H and O–H groups in total. The van der Waals surface area contributed by atoms with Crippen LogP contribution in [0.5, 0.6) is 0 Å². The SMILES string of the molecule is CCC(CC)C1=NN=C(N)/C1=N/Nc1ccccc1. The predicted octanol–water partition coefficient (Wildman–Crippen LogP) is 2.62. The minimum absolute atomic E-state index is 0.348. The Balaban J connectivity index is 2.17. The summed E-state index contributed by atoms with van der Waals surface area (Å²) in [7, 11) is 0. The summed E-state index contributed by atoms with van der Waals surface area (Å²) in [6.07, 6.45) is 2.00. The number of hydrazone groups is 1. The van der Waals surface area contributed by atoms with Gasteiger partial charge in [-0.15, -0.1) is 5.10 Å². The maximum atomic E-state index is 5.85. The third-order valence-corrected chi connectivity index (χ3v) is 3.19. The van der Waals surface area contributed by atoms with E-state index >= 15 is 0 Å². The van der Waals surface area contributed by atoms with Gasteiger partial charge in [-0.05, 0) is 25.0 Å². The first-order valence-corrected chi connectivity index (χ1v) is 6.56. The van der Waals surface area contributed by atoms with Crippen molar-refractivity contribution in [2.45, 2.75) is 26.7 Å². The normalized spacial score (nSPS) is 16.7. The van der Waals surface area contributed by atoms with Crippen molar-refractivity contribution in [2.75, 3.05) is 5.43 Å². The van der Waals surface area contributed by atoms with Gasteiger partial charge in [0.15, 0.2) is 11.5 Å². The van der Waals surface area contributed by atoms with Crippen molar-refractivity contribution in [2.24, 2.45) is 27.0 Å². The Kier molecular flexibility index (Phi) is 4.28. The molecule has 1 aliphatic rings. The van der Waals surface area contributed by atoms with E-state index in [1.54, 1.807) is 0 Å². The maximum Gasteiger partial charge on any atom is 0.175 e. The zero-order valence-electron chi connectivity index (χ0n) is 11.3. The number of rotatable bonds is 5. The molecule has 0 aliphatic carbocycles. The second kappa shape index (κ2) is 6.13. The second-order valence-electron chi connectivity index (χ2n) is 4.42. The first-order valence-electron chi connectivity index (χ1n) is 6.56. The van der Waals surface area contributed by atoms with Crippen LogP contribution in [0, 0.1) is 5.92 Å². The fourth-order valence-corrected chi connectivity index (χ4v) is 2.03. The molecular weight excluding hydrogens is 238 g/mol. The lowest BCUT2D eigenvalue weighted by atomic mass is 9.94. The van der Waals surface area contributed by atoms with Crippen molar-refractivity contribution in [3.05, 3.63) is 30.3 Å². The summed E-state index contributed by atoms with van der Waals surface area (Å²) in [5, 5.41) is 12.5. The topological polar surface area (TPSA) is 75.1 Å². The van der Waals surface area contributed by atoms with Gasteiger partial charge in [0.2, 0.25) is 0 Å². The van der Waals surface area contributed by atoms with Gasteiger partial charge in [0, 0.05) is 5.92 Å². The highest BCUT2D eigenvalue weighted by Gasteiger charge is 2.25. The van der Waals surface area contributed by atoms with Gasteiger partial charge in [-0.25, -0.2) is 0 Å². The molecule has 0 unspecified atom stereocenters. The molecule has 5 nitrogen and oxygen atoms in total.